The summed E-state index contributed by atoms with van der Waals surface area (Å²) in [7, 11) is 0. The fourth-order valence-corrected chi connectivity index (χ4v) is 1.58. The molecule has 0 saturated carbocycles. The Kier molecular flexibility index (Phi) is 1.91. The van der Waals surface area contributed by atoms with Crippen molar-refractivity contribution in [3.63, 3.8) is 0 Å². The zero-order valence-corrected chi connectivity index (χ0v) is 7.01. The molecule has 2 nitrogen and oxygen atoms in total. The molecule has 1 atom stereocenters. The molecule has 12 heavy (non-hydrogen) atoms. The number of dihydropyridines is 1. The highest BCUT2D eigenvalue weighted by atomic mass is 32.1. The summed E-state index contributed by atoms with van der Waals surface area (Å²) in [4.78, 5) is 4.08. The van der Waals surface area contributed by atoms with E-state index in [1.165, 1.54) is 17.4 Å². The van der Waals surface area contributed by atoms with Gasteiger partial charge in [-0.15, -0.1) is 11.3 Å². The monoisotopic (exact) mass is 182 g/mol. The molecule has 0 radical (unpaired) electrons. The van der Waals surface area contributed by atoms with Crippen LogP contribution in [0.4, 0.5) is 4.39 Å². The van der Waals surface area contributed by atoms with Crippen LogP contribution in [-0.2, 0) is 0 Å². The Hall–Kier alpha value is -1.16. The minimum absolute atomic E-state index is 0.834. The highest BCUT2D eigenvalue weighted by Gasteiger charge is 2.08. The number of thiazole rings is 1. The van der Waals surface area contributed by atoms with Gasteiger partial charge in [0.25, 0.3) is 0 Å². The summed E-state index contributed by atoms with van der Waals surface area (Å²) in [5.41, 5.74) is 3.40. The molecule has 0 saturated heterocycles. The molecule has 1 aliphatic heterocycles. The lowest BCUT2D eigenvalue weighted by Crippen LogP contribution is -2.18. The molecule has 1 aromatic rings. The maximum absolute atomic E-state index is 12.8. The highest BCUT2D eigenvalue weighted by molar-refractivity contribution is 7.07. The van der Waals surface area contributed by atoms with E-state index in [9.17, 15) is 4.39 Å². The maximum atomic E-state index is 12.8. The van der Waals surface area contributed by atoms with Crippen molar-refractivity contribution >= 4 is 16.9 Å². The summed E-state index contributed by atoms with van der Waals surface area (Å²) >= 11 is 1.51. The van der Waals surface area contributed by atoms with Crippen molar-refractivity contribution < 1.29 is 4.39 Å². The normalized spacial score (nSPS) is 21.8. The van der Waals surface area contributed by atoms with Gasteiger partial charge in [0.05, 0.1) is 11.2 Å². The summed E-state index contributed by atoms with van der Waals surface area (Å²) in [6.45, 7) is 0. The molecule has 1 aliphatic rings. The van der Waals surface area contributed by atoms with Gasteiger partial charge in [-0.2, -0.15) is 0 Å². The number of rotatable bonds is 1. The van der Waals surface area contributed by atoms with Gasteiger partial charge in [0, 0.05) is 11.0 Å². The number of hydrogen-bond donors (Lipinski definition) is 1. The van der Waals surface area contributed by atoms with E-state index >= 15 is 0 Å². The number of hydrogen-bond acceptors (Lipinski definition) is 3. The number of nitrogens with zero attached hydrogens (tertiary/aromatic N) is 1. The van der Waals surface area contributed by atoms with E-state index in [1.54, 1.807) is 11.7 Å². The number of aromatic nitrogens is 1. The molecule has 0 bridgehead atoms. The standard InChI is InChI=1S/C8H7FN2S/c9-8-3-6(1-2-10-8)7-4-12-5-11-7/h1-5,8,10H. The Morgan fingerprint density at radius 2 is 2.50 bits per heavy atom. The van der Waals surface area contributed by atoms with Crippen molar-refractivity contribution in [1.82, 2.24) is 10.3 Å². The van der Waals surface area contributed by atoms with Crippen molar-refractivity contribution in [2.45, 2.75) is 6.30 Å². The molecule has 1 unspecified atom stereocenters. The Morgan fingerprint density at radius 3 is 3.17 bits per heavy atom. The van der Waals surface area contributed by atoms with Gasteiger partial charge in [0.15, 0.2) is 6.30 Å². The summed E-state index contributed by atoms with van der Waals surface area (Å²) < 4.78 is 12.8. The molecule has 0 spiro atoms. The predicted molar refractivity (Wildman–Crippen MR) is 47.3 cm³/mol. The van der Waals surface area contributed by atoms with Gasteiger partial charge in [-0.05, 0) is 18.4 Å². The zero-order valence-electron chi connectivity index (χ0n) is 6.20. The lowest BCUT2D eigenvalue weighted by molar-refractivity contribution is 0.366. The van der Waals surface area contributed by atoms with Crippen LogP contribution in [0.25, 0.3) is 5.57 Å². The van der Waals surface area contributed by atoms with Gasteiger partial charge >= 0.3 is 0 Å². The first kappa shape index (κ1) is 7.49. The Morgan fingerprint density at radius 1 is 1.58 bits per heavy atom. The molecular weight excluding hydrogens is 175 g/mol. The van der Waals surface area contributed by atoms with Crippen LogP contribution in [0.3, 0.4) is 0 Å². The van der Waals surface area contributed by atoms with Crippen molar-refractivity contribution in [1.29, 1.82) is 0 Å². The van der Waals surface area contributed by atoms with Crippen LogP contribution in [0, 0.1) is 0 Å². The lowest BCUT2D eigenvalue weighted by Gasteiger charge is -2.09. The summed E-state index contributed by atoms with van der Waals surface area (Å²) in [6, 6.07) is 0. The first-order valence-electron chi connectivity index (χ1n) is 3.53. The molecule has 62 valence electrons. The molecule has 2 heterocycles. The highest BCUT2D eigenvalue weighted by Crippen LogP contribution is 2.18. The largest absolute Gasteiger partial charge is 0.359 e. The van der Waals surface area contributed by atoms with Crippen LogP contribution in [0.1, 0.15) is 5.69 Å². The summed E-state index contributed by atoms with van der Waals surface area (Å²) in [6.07, 6.45) is 3.83. The fourth-order valence-electron chi connectivity index (χ4n) is 1.02. The number of nitrogens with one attached hydrogen (secondary N) is 1. The third kappa shape index (κ3) is 1.38. The Labute approximate surface area is 73.4 Å². The predicted octanol–water partition coefficient (Wildman–Crippen LogP) is 1.94. The van der Waals surface area contributed by atoms with Crippen molar-refractivity contribution in [3.05, 3.63) is 34.9 Å². The minimum Gasteiger partial charge on any atom is -0.359 e. The number of alkyl halides is 1. The third-order valence-corrected chi connectivity index (χ3v) is 2.16. The molecule has 0 aliphatic carbocycles. The molecule has 1 aromatic heterocycles. The van der Waals surface area contributed by atoms with Crippen LogP contribution in [0.15, 0.2) is 29.2 Å². The average molecular weight is 182 g/mol. The SMILES string of the molecule is FC1C=C(c2cscn2)C=CN1. The van der Waals surface area contributed by atoms with Gasteiger partial charge < -0.3 is 5.32 Å². The second-order valence-electron chi connectivity index (χ2n) is 2.40. The van der Waals surface area contributed by atoms with Gasteiger partial charge in [0.2, 0.25) is 0 Å². The van der Waals surface area contributed by atoms with E-state index in [4.69, 9.17) is 0 Å². The Bertz CT molecular complexity index is 316. The third-order valence-electron chi connectivity index (χ3n) is 1.57. The first-order chi connectivity index (χ1) is 5.86. The number of halogens is 1. The second kappa shape index (κ2) is 3.06. The van der Waals surface area contributed by atoms with E-state index < -0.39 is 6.30 Å². The maximum Gasteiger partial charge on any atom is 0.189 e. The summed E-state index contributed by atoms with van der Waals surface area (Å²) in [5, 5.41) is 4.42. The van der Waals surface area contributed by atoms with Crippen molar-refractivity contribution in [3.8, 4) is 0 Å². The molecule has 0 aromatic carbocycles. The second-order valence-corrected chi connectivity index (χ2v) is 3.12. The molecule has 0 amide bonds. The van der Waals surface area contributed by atoms with E-state index in [-0.39, 0.29) is 0 Å². The molecule has 0 fully saturated rings. The Balaban J connectivity index is 2.30. The quantitative estimate of drug-likeness (QED) is 0.671. The van der Waals surface area contributed by atoms with Gasteiger partial charge in [-0.3, -0.25) is 0 Å². The van der Waals surface area contributed by atoms with E-state index in [2.05, 4.69) is 10.3 Å². The zero-order chi connectivity index (χ0) is 8.39. The molecule has 2 rings (SSSR count). The van der Waals surface area contributed by atoms with Crippen LogP contribution in [0.2, 0.25) is 0 Å². The minimum atomic E-state index is -1.09. The average Bonchev–Trinajstić information content (AvgIpc) is 2.56. The van der Waals surface area contributed by atoms with Crippen LogP contribution >= 0.6 is 11.3 Å². The van der Waals surface area contributed by atoms with E-state index in [0.717, 1.165) is 11.3 Å². The van der Waals surface area contributed by atoms with Crippen LogP contribution in [0.5, 0.6) is 0 Å². The van der Waals surface area contributed by atoms with Crippen molar-refractivity contribution in [2.24, 2.45) is 0 Å². The number of allylic oxidation sites excluding steroid dienone is 2. The first-order valence-corrected chi connectivity index (χ1v) is 4.47. The van der Waals surface area contributed by atoms with Gasteiger partial charge in [0.1, 0.15) is 0 Å². The molecular formula is C8H7FN2S. The van der Waals surface area contributed by atoms with Crippen molar-refractivity contribution in [2.75, 3.05) is 0 Å². The summed E-state index contributed by atoms with van der Waals surface area (Å²) in [5.74, 6) is 0. The van der Waals surface area contributed by atoms with E-state index in [0.29, 0.717) is 0 Å². The van der Waals surface area contributed by atoms with Gasteiger partial charge in [-0.25, -0.2) is 9.37 Å². The smallest absolute Gasteiger partial charge is 0.189 e. The van der Waals surface area contributed by atoms with E-state index in [1.807, 2.05) is 11.5 Å². The van der Waals surface area contributed by atoms with Crippen LogP contribution < -0.4 is 5.32 Å². The fraction of sp³-hybridized carbons (Fsp3) is 0.125. The lowest BCUT2D eigenvalue weighted by atomic mass is 10.1. The topological polar surface area (TPSA) is 24.9 Å². The molecule has 1 N–H and O–H groups in total. The van der Waals surface area contributed by atoms with Crippen LogP contribution in [-0.4, -0.2) is 11.3 Å². The molecule has 4 heteroatoms. The van der Waals surface area contributed by atoms with Gasteiger partial charge in [-0.1, -0.05) is 0 Å².